The first kappa shape index (κ1) is 14.2. The number of nitrogens with one attached hydrogen (secondary N) is 1. The zero-order valence-corrected chi connectivity index (χ0v) is 11.2. The van der Waals surface area contributed by atoms with Crippen LogP contribution >= 0.6 is 0 Å². The molecule has 1 amide bonds. The second-order valence-electron chi connectivity index (χ2n) is 4.41. The van der Waals surface area contributed by atoms with Crippen LogP contribution in [0.1, 0.15) is 17.5 Å². The highest BCUT2D eigenvalue weighted by molar-refractivity contribution is 5.92. The van der Waals surface area contributed by atoms with Gasteiger partial charge in [-0.2, -0.15) is 0 Å². The van der Waals surface area contributed by atoms with E-state index in [1.165, 1.54) is 18.2 Å². The summed E-state index contributed by atoms with van der Waals surface area (Å²) in [7, 11) is 1.56. The summed E-state index contributed by atoms with van der Waals surface area (Å²) in [6, 6.07) is 7.17. The topological polar surface area (TPSA) is 64.4 Å². The maximum atomic E-state index is 12.8. The molecule has 0 bridgehead atoms. The van der Waals surface area contributed by atoms with Crippen molar-refractivity contribution >= 4 is 5.91 Å². The summed E-state index contributed by atoms with van der Waals surface area (Å²) in [6.07, 6.45) is 0. The molecule has 1 aromatic carbocycles. The Labute approximate surface area is 115 Å². The van der Waals surface area contributed by atoms with Gasteiger partial charge in [-0.25, -0.2) is 4.39 Å². The van der Waals surface area contributed by atoms with Gasteiger partial charge in [0.1, 0.15) is 11.5 Å². The van der Waals surface area contributed by atoms with Crippen molar-refractivity contribution in [2.75, 3.05) is 13.7 Å². The molecule has 2 aromatic rings. The molecule has 2 rings (SSSR count). The Morgan fingerprint density at radius 1 is 1.45 bits per heavy atom. The van der Waals surface area contributed by atoms with E-state index in [1.807, 2.05) is 6.92 Å². The molecule has 1 atom stereocenters. The highest BCUT2D eigenvalue weighted by Crippen LogP contribution is 2.19. The summed E-state index contributed by atoms with van der Waals surface area (Å²) < 4.78 is 22.8. The van der Waals surface area contributed by atoms with Crippen molar-refractivity contribution in [3.8, 4) is 11.3 Å². The maximum Gasteiger partial charge on any atom is 0.290 e. The van der Waals surface area contributed by atoms with Crippen LogP contribution < -0.4 is 5.32 Å². The lowest BCUT2D eigenvalue weighted by atomic mass is 10.1. The molecule has 1 N–H and O–H groups in total. The zero-order valence-electron chi connectivity index (χ0n) is 11.2. The lowest BCUT2D eigenvalue weighted by Gasteiger charge is -2.10. The Kier molecular flexibility index (Phi) is 4.47. The van der Waals surface area contributed by atoms with Gasteiger partial charge in [0.15, 0.2) is 0 Å². The van der Waals surface area contributed by atoms with E-state index in [0.29, 0.717) is 17.9 Å². The second kappa shape index (κ2) is 6.29. The predicted molar refractivity (Wildman–Crippen MR) is 70.7 cm³/mol. The van der Waals surface area contributed by atoms with Crippen molar-refractivity contribution in [3.05, 3.63) is 41.9 Å². The third-order valence-corrected chi connectivity index (χ3v) is 2.67. The molecule has 6 heteroatoms. The number of carbonyl (C=O) groups excluding carboxylic acids is 1. The Bertz CT molecular complexity index is 580. The number of amides is 1. The number of benzene rings is 1. The van der Waals surface area contributed by atoms with Crippen LogP contribution in [-0.2, 0) is 4.74 Å². The SMILES string of the molecule is COC[C@H](C)NC(=O)c1cc(-c2ccc(F)cc2)no1. The highest BCUT2D eigenvalue weighted by Gasteiger charge is 2.16. The van der Waals surface area contributed by atoms with Crippen LogP contribution in [0.3, 0.4) is 0 Å². The highest BCUT2D eigenvalue weighted by atomic mass is 19.1. The summed E-state index contributed by atoms with van der Waals surface area (Å²) in [5.41, 5.74) is 1.16. The molecule has 0 fully saturated rings. The van der Waals surface area contributed by atoms with E-state index in [-0.39, 0.29) is 23.5 Å². The Morgan fingerprint density at radius 3 is 2.80 bits per heavy atom. The molecule has 0 saturated heterocycles. The predicted octanol–water partition coefficient (Wildman–Crippen LogP) is 2.25. The third kappa shape index (κ3) is 3.42. The molecular formula is C14H15FN2O3. The van der Waals surface area contributed by atoms with Gasteiger partial charge in [0.2, 0.25) is 5.76 Å². The summed E-state index contributed by atoms with van der Waals surface area (Å²) >= 11 is 0. The average molecular weight is 278 g/mol. The van der Waals surface area contributed by atoms with E-state index in [9.17, 15) is 9.18 Å². The first-order chi connectivity index (χ1) is 9.60. The summed E-state index contributed by atoms with van der Waals surface area (Å²) in [4.78, 5) is 11.9. The van der Waals surface area contributed by atoms with E-state index < -0.39 is 0 Å². The van der Waals surface area contributed by atoms with Gasteiger partial charge in [-0.1, -0.05) is 5.16 Å². The van der Waals surface area contributed by atoms with Gasteiger partial charge in [-0.15, -0.1) is 0 Å². The standard InChI is InChI=1S/C14H15FN2O3/c1-9(8-19-2)16-14(18)13-7-12(17-20-13)10-3-5-11(15)6-4-10/h3-7,9H,8H2,1-2H3,(H,16,18)/t9-/m0/s1. The number of ether oxygens (including phenoxy) is 1. The number of hydrogen-bond acceptors (Lipinski definition) is 4. The lowest BCUT2D eigenvalue weighted by Crippen LogP contribution is -2.35. The molecule has 1 heterocycles. The molecule has 0 radical (unpaired) electrons. The molecule has 0 unspecified atom stereocenters. The Balaban J connectivity index is 2.08. The van der Waals surface area contributed by atoms with Crippen molar-refractivity contribution in [1.29, 1.82) is 0 Å². The van der Waals surface area contributed by atoms with Crippen LogP contribution in [0.4, 0.5) is 4.39 Å². The van der Waals surface area contributed by atoms with Gasteiger partial charge in [0.25, 0.3) is 5.91 Å². The monoisotopic (exact) mass is 278 g/mol. The molecule has 0 aliphatic heterocycles. The number of carbonyl (C=O) groups is 1. The quantitative estimate of drug-likeness (QED) is 0.911. The van der Waals surface area contributed by atoms with E-state index in [4.69, 9.17) is 9.26 Å². The first-order valence-electron chi connectivity index (χ1n) is 6.12. The largest absolute Gasteiger partial charge is 0.383 e. The van der Waals surface area contributed by atoms with Crippen LogP contribution in [0.2, 0.25) is 0 Å². The number of nitrogens with zero attached hydrogens (tertiary/aromatic N) is 1. The summed E-state index contributed by atoms with van der Waals surface area (Å²) in [6.45, 7) is 2.23. The van der Waals surface area contributed by atoms with Crippen molar-refractivity contribution in [3.63, 3.8) is 0 Å². The molecule has 20 heavy (non-hydrogen) atoms. The number of hydrogen-bond donors (Lipinski definition) is 1. The van der Waals surface area contributed by atoms with Gasteiger partial charge < -0.3 is 14.6 Å². The van der Waals surface area contributed by atoms with Gasteiger partial charge in [-0.05, 0) is 31.2 Å². The maximum absolute atomic E-state index is 12.8. The van der Waals surface area contributed by atoms with E-state index in [1.54, 1.807) is 19.2 Å². The molecule has 0 saturated carbocycles. The molecule has 0 aliphatic rings. The van der Waals surface area contributed by atoms with Gasteiger partial charge >= 0.3 is 0 Å². The number of halogens is 1. The smallest absolute Gasteiger partial charge is 0.290 e. The van der Waals surface area contributed by atoms with Crippen LogP contribution in [0.25, 0.3) is 11.3 Å². The average Bonchev–Trinajstić information content (AvgIpc) is 2.89. The van der Waals surface area contributed by atoms with Gasteiger partial charge in [0, 0.05) is 24.8 Å². The fourth-order valence-electron chi connectivity index (χ4n) is 1.73. The lowest BCUT2D eigenvalue weighted by molar-refractivity contribution is 0.0869. The van der Waals surface area contributed by atoms with E-state index in [2.05, 4.69) is 10.5 Å². The van der Waals surface area contributed by atoms with Crippen LogP contribution in [0, 0.1) is 5.82 Å². The van der Waals surface area contributed by atoms with Crippen molar-refractivity contribution in [2.24, 2.45) is 0 Å². The van der Waals surface area contributed by atoms with Crippen molar-refractivity contribution in [1.82, 2.24) is 10.5 Å². The van der Waals surface area contributed by atoms with E-state index >= 15 is 0 Å². The fourth-order valence-corrected chi connectivity index (χ4v) is 1.73. The van der Waals surface area contributed by atoms with Crippen LogP contribution in [0.5, 0.6) is 0 Å². The molecule has 0 aliphatic carbocycles. The summed E-state index contributed by atoms with van der Waals surface area (Å²) in [5.74, 6) is -0.591. The fraction of sp³-hybridized carbons (Fsp3) is 0.286. The molecule has 5 nitrogen and oxygen atoms in total. The normalized spacial score (nSPS) is 12.2. The summed E-state index contributed by atoms with van der Waals surface area (Å²) in [5, 5.41) is 6.51. The van der Waals surface area contributed by atoms with Crippen molar-refractivity contribution in [2.45, 2.75) is 13.0 Å². The minimum Gasteiger partial charge on any atom is -0.383 e. The molecule has 0 spiro atoms. The number of aromatic nitrogens is 1. The third-order valence-electron chi connectivity index (χ3n) is 2.67. The number of methoxy groups -OCH3 is 1. The Hall–Kier alpha value is -2.21. The minimum absolute atomic E-state index is 0.104. The van der Waals surface area contributed by atoms with E-state index in [0.717, 1.165) is 0 Å². The van der Waals surface area contributed by atoms with Gasteiger partial charge in [0.05, 0.1) is 6.61 Å². The van der Waals surface area contributed by atoms with Gasteiger partial charge in [-0.3, -0.25) is 4.79 Å². The van der Waals surface area contributed by atoms with Crippen molar-refractivity contribution < 1.29 is 18.4 Å². The van der Waals surface area contributed by atoms with Crippen LogP contribution in [-0.4, -0.2) is 30.8 Å². The minimum atomic E-state index is -0.365. The first-order valence-corrected chi connectivity index (χ1v) is 6.12. The molecule has 106 valence electrons. The Morgan fingerprint density at radius 2 is 2.15 bits per heavy atom. The molecule has 1 aromatic heterocycles. The zero-order chi connectivity index (χ0) is 14.5. The van der Waals surface area contributed by atoms with Crippen LogP contribution in [0.15, 0.2) is 34.9 Å². The number of rotatable bonds is 5. The molecular weight excluding hydrogens is 263 g/mol. The second-order valence-corrected chi connectivity index (χ2v) is 4.41.